The summed E-state index contributed by atoms with van der Waals surface area (Å²) in [4.78, 5) is 22.7. The molecular formula is C20H25N3O4. The van der Waals surface area contributed by atoms with Crippen LogP contribution in [0.3, 0.4) is 0 Å². The van der Waals surface area contributed by atoms with E-state index in [0.717, 1.165) is 12.0 Å². The van der Waals surface area contributed by atoms with Crippen LogP contribution in [0.1, 0.15) is 12.5 Å². The minimum Gasteiger partial charge on any atom is -0.491 e. The molecule has 4 N–H and O–H groups in total. The zero-order valence-corrected chi connectivity index (χ0v) is 15.3. The number of ether oxygens (including phenoxy) is 1. The lowest BCUT2D eigenvalue weighted by molar-refractivity contribution is -0.114. The van der Waals surface area contributed by atoms with Crippen molar-refractivity contribution in [2.24, 2.45) is 0 Å². The Hall–Kier alpha value is -3.06. The van der Waals surface area contributed by atoms with E-state index in [9.17, 15) is 14.7 Å². The minimum atomic E-state index is -0.833. The van der Waals surface area contributed by atoms with Crippen LogP contribution in [0.25, 0.3) is 0 Å². The smallest absolute Gasteiger partial charge is 0.314 e. The van der Waals surface area contributed by atoms with Gasteiger partial charge in [0.2, 0.25) is 5.91 Å². The van der Waals surface area contributed by atoms with E-state index in [1.807, 2.05) is 30.3 Å². The van der Waals surface area contributed by atoms with Crippen LogP contribution in [-0.2, 0) is 11.2 Å². The number of rotatable bonds is 9. The van der Waals surface area contributed by atoms with Gasteiger partial charge in [0.05, 0.1) is 0 Å². The molecule has 0 bridgehead atoms. The molecular weight excluding hydrogens is 346 g/mol. The van der Waals surface area contributed by atoms with Gasteiger partial charge in [-0.2, -0.15) is 0 Å². The van der Waals surface area contributed by atoms with Crippen LogP contribution < -0.4 is 20.7 Å². The molecule has 0 aliphatic rings. The lowest BCUT2D eigenvalue weighted by Crippen LogP contribution is -2.41. The van der Waals surface area contributed by atoms with E-state index in [-0.39, 0.29) is 25.1 Å². The lowest BCUT2D eigenvalue weighted by Gasteiger charge is -2.14. The van der Waals surface area contributed by atoms with Crippen molar-refractivity contribution in [1.82, 2.24) is 10.6 Å². The summed E-state index contributed by atoms with van der Waals surface area (Å²) in [6.45, 7) is 2.08. The molecule has 0 heterocycles. The molecule has 7 nitrogen and oxygen atoms in total. The average molecular weight is 371 g/mol. The van der Waals surface area contributed by atoms with Gasteiger partial charge in [-0.25, -0.2) is 4.79 Å². The Bertz CT molecular complexity index is 720. The number of anilines is 1. The van der Waals surface area contributed by atoms with Crippen molar-refractivity contribution in [3.63, 3.8) is 0 Å². The number of aliphatic hydroxyl groups is 1. The highest BCUT2D eigenvalue weighted by atomic mass is 16.5. The molecule has 2 aromatic carbocycles. The van der Waals surface area contributed by atoms with Crippen molar-refractivity contribution >= 4 is 17.6 Å². The second kappa shape index (κ2) is 10.8. The fraction of sp³-hybridized carbons (Fsp3) is 0.300. The number of carbonyl (C=O) groups is 2. The molecule has 0 saturated carbocycles. The second-order valence-electron chi connectivity index (χ2n) is 6.04. The molecule has 0 aromatic heterocycles. The molecule has 1 unspecified atom stereocenters. The predicted octanol–water partition coefficient (Wildman–Crippen LogP) is 1.93. The second-order valence-corrected chi connectivity index (χ2v) is 6.04. The number of hydrogen-bond acceptors (Lipinski definition) is 4. The first-order chi connectivity index (χ1) is 13.0. The fourth-order valence-electron chi connectivity index (χ4n) is 2.33. The average Bonchev–Trinajstić information content (AvgIpc) is 2.66. The Labute approximate surface area is 158 Å². The third kappa shape index (κ3) is 8.24. The van der Waals surface area contributed by atoms with E-state index in [1.165, 1.54) is 6.92 Å². The molecule has 3 amide bonds. The third-order valence-corrected chi connectivity index (χ3v) is 3.66. The normalized spacial score (nSPS) is 11.3. The zero-order valence-electron chi connectivity index (χ0n) is 15.3. The van der Waals surface area contributed by atoms with Gasteiger partial charge in [-0.05, 0) is 36.2 Å². The van der Waals surface area contributed by atoms with Crippen molar-refractivity contribution in [1.29, 1.82) is 0 Å². The molecule has 0 fully saturated rings. The van der Waals surface area contributed by atoms with Crippen LogP contribution in [0, 0.1) is 0 Å². The molecule has 2 rings (SSSR count). The monoisotopic (exact) mass is 371 g/mol. The van der Waals surface area contributed by atoms with Gasteiger partial charge in [-0.1, -0.05) is 30.3 Å². The first-order valence-electron chi connectivity index (χ1n) is 8.77. The van der Waals surface area contributed by atoms with Gasteiger partial charge in [0.1, 0.15) is 18.5 Å². The summed E-state index contributed by atoms with van der Waals surface area (Å²) in [5.41, 5.74) is 1.82. The maximum absolute atomic E-state index is 11.7. The summed E-state index contributed by atoms with van der Waals surface area (Å²) in [5, 5.41) is 17.9. The Kier molecular flexibility index (Phi) is 8.12. The summed E-state index contributed by atoms with van der Waals surface area (Å²) in [5.74, 6) is 0.419. The summed E-state index contributed by atoms with van der Waals surface area (Å²) in [6.07, 6.45) is -0.0890. The van der Waals surface area contributed by atoms with Gasteiger partial charge in [0.15, 0.2) is 0 Å². The summed E-state index contributed by atoms with van der Waals surface area (Å²) >= 11 is 0. The number of hydrogen-bond donors (Lipinski definition) is 4. The molecule has 2 aromatic rings. The van der Waals surface area contributed by atoms with E-state index in [1.54, 1.807) is 24.3 Å². The molecule has 0 spiro atoms. The van der Waals surface area contributed by atoms with Gasteiger partial charge in [-0.15, -0.1) is 0 Å². The highest BCUT2D eigenvalue weighted by molar-refractivity contribution is 5.88. The Morgan fingerprint density at radius 3 is 2.41 bits per heavy atom. The first kappa shape index (κ1) is 20.3. The molecule has 0 saturated heterocycles. The Balaban J connectivity index is 1.60. The van der Waals surface area contributed by atoms with Crippen LogP contribution in [0.15, 0.2) is 54.6 Å². The van der Waals surface area contributed by atoms with Crippen LogP contribution in [-0.4, -0.2) is 42.8 Å². The maximum Gasteiger partial charge on any atom is 0.314 e. The van der Waals surface area contributed by atoms with Crippen LogP contribution in [0.2, 0.25) is 0 Å². The van der Waals surface area contributed by atoms with E-state index in [2.05, 4.69) is 16.0 Å². The predicted molar refractivity (Wildman–Crippen MR) is 104 cm³/mol. The molecule has 0 radical (unpaired) electrons. The highest BCUT2D eigenvalue weighted by Gasteiger charge is 2.08. The van der Waals surface area contributed by atoms with Gasteiger partial charge >= 0.3 is 6.03 Å². The highest BCUT2D eigenvalue weighted by Crippen LogP contribution is 2.15. The van der Waals surface area contributed by atoms with E-state index >= 15 is 0 Å². The van der Waals surface area contributed by atoms with Gasteiger partial charge in [-0.3, -0.25) is 4.79 Å². The van der Waals surface area contributed by atoms with E-state index in [4.69, 9.17) is 4.74 Å². The molecule has 1 atom stereocenters. The zero-order chi connectivity index (χ0) is 19.5. The molecule has 27 heavy (non-hydrogen) atoms. The molecule has 144 valence electrons. The number of nitrogens with one attached hydrogen (secondary N) is 3. The summed E-state index contributed by atoms with van der Waals surface area (Å²) < 4.78 is 5.46. The Morgan fingerprint density at radius 1 is 1.04 bits per heavy atom. The number of urea groups is 1. The van der Waals surface area contributed by atoms with Crippen molar-refractivity contribution in [2.75, 3.05) is 25.0 Å². The fourth-order valence-corrected chi connectivity index (χ4v) is 2.33. The topological polar surface area (TPSA) is 99.7 Å². The number of benzene rings is 2. The van der Waals surface area contributed by atoms with Gasteiger partial charge < -0.3 is 25.8 Å². The number of carbonyl (C=O) groups excluding carboxylic acids is 2. The minimum absolute atomic E-state index is 0.0454. The number of aliphatic hydroxyl groups excluding tert-OH is 1. The first-order valence-corrected chi connectivity index (χ1v) is 8.77. The summed E-state index contributed by atoms with van der Waals surface area (Å²) in [6, 6.07) is 16.4. The van der Waals surface area contributed by atoms with Gasteiger partial charge in [0.25, 0.3) is 0 Å². The largest absolute Gasteiger partial charge is 0.491 e. The summed E-state index contributed by atoms with van der Waals surface area (Å²) in [7, 11) is 0. The standard InChI is InChI=1S/C20H25N3O4/c1-15(24)23-17-7-9-19(10-8-17)27-14-18(25)13-22-20(26)21-12-11-16-5-3-2-4-6-16/h2-10,18,25H,11-14H2,1H3,(H,23,24)(H2,21,22,26). The SMILES string of the molecule is CC(=O)Nc1ccc(OCC(O)CNC(=O)NCCc2ccccc2)cc1. The van der Waals surface area contributed by atoms with Crippen molar-refractivity contribution in [3.8, 4) is 5.75 Å². The van der Waals surface area contributed by atoms with E-state index < -0.39 is 6.10 Å². The van der Waals surface area contributed by atoms with Gasteiger partial charge in [0, 0.05) is 25.7 Å². The molecule has 0 aliphatic carbocycles. The lowest BCUT2D eigenvalue weighted by atomic mass is 10.1. The van der Waals surface area contributed by atoms with Crippen LogP contribution in [0.4, 0.5) is 10.5 Å². The Morgan fingerprint density at radius 2 is 1.74 bits per heavy atom. The van der Waals surface area contributed by atoms with Crippen LogP contribution >= 0.6 is 0 Å². The van der Waals surface area contributed by atoms with Crippen LogP contribution in [0.5, 0.6) is 5.75 Å². The quantitative estimate of drug-likeness (QED) is 0.541. The van der Waals surface area contributed by atoms with Crippen molar-refractivity contribution in [2.45, 2.75) is 19.4 Å². The van der Waals surface area contributed by atoms with Crippen molar-refractivity contribution in [3.05, 3.63) is 60.2 Å². The maximum atomic E-state index is 11.7. The molecule has 7 heteroatoms. The van der Waals surface area contributed by atoms with E-state index in [0.29, 0.717) is 18.0 Å². The number of amides is 3. The molecule has 0 aliphatic heterocycles. The third-order valence-electron chi connectivity index (χ3n) is 3.66. The van der Waals surface area contributed by atoms with Crippen molar-refractivity contribution < 1.29 is 19.4 Å².